The van der Waals surface area contributed by atoms with Crippen molar-refractivity contribution in [2.45, 2.75) is 17.0 Å². The van der Waals surface area contributed by atoms with Crippen molar-refractivity contribution in [1.29, 1.82) is 0 Å². The van der Waals surface area contributed by atoms with Crippen LogP contribution in [-0.4, -0.2) is 53.2 Å². The van der Waals surface area contributed by atoms with Crippen LogP contribution in [0.25, 0.3) is 0 Å². The van der Waals surface area contributed by atoms with Gasteiger partial charge < -0.3 is 5.73 Å². The van der Waals surface area contributed by atoms with Gasteiger partial charge in [-0.3, -0.25) is 4.55 Å². The Morgan fingerprint density at radius 2 is 1.82 bits per heavy atom. The van der Waals surface area contributed by atoms with Crippen LogP contribution in [0.5, 0.6) is 0 Å². The van der Waals surface area contributed by atoms with E-state index >= 15 is 0 Å². The Morgan fingerprint density at radius 1 is 1.55 bits per heavy atom. The molecule has 0 aromatic carbocycles. The molecule has 0 bridgehead atoms. The molecule has 0 amide bonds. The molecule has 0 rings (SSSR count). The van der Waals surface area contributed by atoms with E-state index in [1.807, 2.05) is 0 Å². The topological polar surface area (TPSA) is 80.4 Å². The second kappa shape index (κ2) is 7.52. The molecule has 0 unspecified atom stereocenters. The van der Waals surface area contributed by atoms with E-state index in [9.17, 15) is 8.42 Å². The molecule has 0 aliphatic heterocycles. The van der Waals surface area contributed by atoms with Crippen LogP contribution in [0.15, 0.2) is 0 Å². The second-order valence-electron chi connectivity index (χ2n) is 2.81. The summed E-state index contributed by atoms with van der Waals surface area (Å²) in [5, 5.41) is 0. The smallest absolute Gasteiger partial charge is 0.266 e. The Labute approximate surface area is 85.7 Å². The summed E-state index contributed by atoms with van der Waals surface area (Å²) in [6, 6.07) is 0. The third-order valence-electron chi connectivity index (χ3n) is 0.376. The summed E-state index contributed by atoms with van der Waals surface area (Å²) in [5.41, 5.74) is 4.78. The molecule has 0 saturated heterocycles. The molecule has 3 N–H and O–H groups in total. The molecule has 0 aromatic heterocycles. The number of rotatable bonds is 2. The zero-order chi connectivity index (χ0) is 9.49. The maximum atomic E-state index is 9.71. The fourth-order valence-corrected chi connectivity index (χ4v) is 0.447. The Balaban J connectivity index is 0. The van der Waals surface area contributed by atoms with Gasteiger partial charge in [-0.2, -0.15) is 8.42 Å². The van der Waals surface area contributed by atoms with Gasteiger partial charge in [-0.25, -0.2) is 0 Å². The van der Waals surface area contributed by atoms with E-state index in [1.165, 1.54) is 27.9 Å². The van der Waals surface area contributed by atoms with Crippen molar-refractivity contribution in [3.8, 4) is 0 Å². The van der Waals surface area contributed by atoms with Crippen molar-refractivity contribution in [1.82, 2.24) is 0 Å². The molecule has 0 heterocycles. The van der Waals surface area contributed by atoms with Crippen molar-refractivity contribution in [2.24, 2.45) is 5.73 Å². The van der Waals surface area contributed by atoms with Crippen LogP contribution in [0.4, 0.5) is 0 Å². The van der Waals surface area contributed by atoms with Crippen LogP contribution >= 0.6 is 0 Å². The summed E-state index contributed by atoms with van der Waals surface area (Å²) in [7, 11) is -3.80. The maximum absolute atomic E-state index is 9.71. The van der Waals surface area contributed by atoms with Crippen LogP contribution < -0.4 is 5.73 Å². The van der Waals surface area contributed by atoms with E-state index in [0.29, 0.717) is 0 Å². The fraction of sp³-hybridized carbons (Fsp3) is 1.00. The van der Waals surface area contributed by atoms with Crippen molar-refractivity contribution >= 4 is 38.0 Å². The summed E-state index contributed by atoms with van der Waals surface area (Å²) < 4.78 is 28.3. The summed E-state index contributed by atoms with van der Waals surface area (Å²) in [6.07, 6.45) is 0. The van der Waals surface area contributed by atoms with E-state index in [2.05, 4.69) is 13.8 Å². The average molecular weight is 191 g/mol. The van der Waals surface area contributed by atoms with Crippen molar-refractivity contribution in [2.75, 3.05) is 12.3 Å². The average Bonchev–Trinajstić information content (AvgIpc) is 1.58. The molecule has 0 fully saturated rings. The van der Waals surface area contributed by atoms with Gasteiger partial charge in [0.15, 0.2) is 0 Å². The zero-order valence-electron chi connectivity index (χ0n) is 7.24. The number of hydrogen-bond acceptors (Lipinski definition) is 3. The zero-order valence-corrected chi connectivity index (χ0v) is 10.1. The number of hydrogen-bond donors (Lipinski definition) is 2. The van der Waals surface area contributed by atoms with Crippen LogP contribution in [0, 0.1) is 0 Å². The van der Waals surface area contributed by atoms with Gasteiger partial charge in [0, 0.05) is 6.54 Å². The fourth-order valence-electron chi connectivity index (χ4n) is 0.149. The first-order valence-electron chi connectivity index (χ1n) is 3.44. The van der Waals surface area contributed by atoms with E-state index in [4.69, 9.17) is 10.3 Å². The Kier molecular flexibility index (Phi) is 9.84. The molecule has 0 atom stereocenters. The number of nitrogens with two attached hydrogens (primary N) is 1. The van der Waals surface area contributed by atoms with Gasteiger partial charge >= 0.3 is 44.9 Å². The van der Waals surface area contributed by atoms with Gasteiger partial charge in [-0.15, -0.1) is 0 Å². The molecule has 0 aromatic rings. The monoisotopic (exact) mass is 191 g/mol. The van der Waals surface area contributed by atoms with Gasteiger partial charge in [0.1, 0.15) is 0 Å². The minimum atomic E-state index is -3.80. The minimum Gasteiger partial charge on any atom is -0.329 e. The van der Waals surface area contributed by atoms with E-state index in [-0.39, 0.29) is 12.3 Å². The largest absolute Gasteiger partial charge is 0.329 e. The summed E-state index contributed by atoms with van der Waals surface area (Å²) in [6.45, 7) is 4.43. The van der Waals surface area contributed by atoms with Crippen molar-refractivity contribution in [3.05, 3.63) is 0 Å². The van der Waals surface area contributed by atoms with Gasteiger partial charge in [-0.1, -0.05) is 0 Å². The summed E-state index contributed by atoms with van der Waals surface area (Å²) in [4.78, 5) is 0. The predicted molar refractivity (Wildman–Crippen MR) is 46.3 cm³/mol. The molecule has 0 spiro atoms. The van der Waals surface area contributed by atoms with E-state index in [0.717, 1.165) is 3.17 Å². The summed E-state index contributed by atoms with van der Waals surface area (Å²) in [5.74, 6) is -0.354. The molecular formula is C5H14NNaO3S. The molecule has 0 aliphatic carbocycles. The Hall–Kier alpha value is 0.870. The predicted octanol–water partition coefficient (Wildman–Crippen LogP) is -0.184. The quantitative estimate of drug-likeness (QED) is 0.468. The second-order valence-corrected chi connectivity index (χ2v) is 6.69. The first-order valence-corrected chi connectivity index (χ1v) is 6.21. The third-order valence-corrected chi connectivity index (χ3v) is 1.13. The molecule has 64 valence electrons. The van der Waals surface area contributed by atoms with Crippen LogP contribution in [-0.2, 0) is 10.1 Å². The molecule has 0 radical (unpaired) electrons. The SMILES string of the molecule is C[CH](C)[Na].NCCS(=O)(=O)O. The van der Waals surface area contributed by atoms with Gasteiger partial charge in [0.05, 0.1) is 5.75 Å². The van der Waals surface area contributed by atoms with Gasteiger partial charge in [0.25, 0.3) is 10.1 Å². The van der Waals surface area contributed by atoms with Crippen LogP contribution in [0.1, 0.15) is 13.8 Å². The molecular weight excluding hydrogens is 177 g/mol. The molecule has 4 nitrogen and oxygen atoms in total. The van der Waals surface area contributed by atoms with E-state index < -0.39 is 10.1 Å². The molecule has 0 saturated carbocycles. The minimum absolute atomic E-state index is 0.0289. The molecule has 0 aliphatic rings. The first kappa shape index (κ1) is 14.4. The Morgan fingerprint density at radius 3 is 1.82 bits per heavy atom. The van der Waals surface area contributed by atoms with Crippen LogP contribution in [0.3, 0.4) is 0 Å². The third kappa shape index (κ3) is 36.1. The van der Waals surface area contributed by atoms with Gasteiger partial charge in [0.2, 0.25) is 0 Å². The molecule has 6 heteroatoms. The first-order chi connectivity index (χ1) is 4.79. The summed E-state index contributed by atoms with van der Waals surface area (Å²) >= 11 is 1.35. The maximum Gasteiger partial charge on any atom is 0.266 e. The molecule has 11 heavy (non-hydrogen) atoms. The van der Waals surface area contributed by atoms with Crippen molar-refractivity contribution in [3.63, 3.8) is 0 Å². The van der Waals surface area contributed by atoms with Gasteiger partial charge in [-0.05, 0) is 0 Å². The standard InChI is InChI=1S/C3H7.C2H7NO3S.Na/c1-3-2;3-1-2-7(4,5)6;/h3H,1-2H3;1-3H2,(H,4,5,6);. The normalized spacial score (nSPS) is 10.8. The Bertz CT molecular complexity index is 164. The van der Waals surface area contributed by atoms with E-state index in [1.54, 1.807) is 0 Å². The van der Waals surface area contributed by atoms with Crippen LogP contribution in [0.2, 0.25) is 3.17 Å². The van der Waals surface area contributed by atoms with Crippen molar-refractivity contribution < 1.29 is 13.0 Å².